The van der Waals surface area contributed by atoms with Gasteiger partial charge in [-0.15, -0.1) is 5.10 Å². The normalized spacial score (nSPS) is 24.1. The van der Waals surface area contributed by atoms with Crippen LogP contribution in [0, 0.1) is 0 Å². The van der Waals surface area contributed by atoms with Gasteiger partial charge >= 0.3 is 5.97 Å². The number of pyridine rings is 1. The van der Waals surface area contributed by atoms with Gasteiger partial charge in [-0.3, -0.25) is 4.79 Å². The lowest BCUT2D eigenvalue weighted by atomic mass is 9.87. The lowest BCUT2D eigenvalue weighted by molar-refractivity contribution is -0.184. The van der Waals surface area contributed by atoms with E-state index in [1.54, 1.807) is 23.2 Å². The van der Waals surface area contributed by atoms with Crippen molar-refractivity contribution in [2.45, 2.75) is 37.5 Å². The van der Waals surface area contributed by atoms with Crippen molar-refractivity contribution in [1.82, 2.24) is 35.0 Å². The lowest BCUT2D eigenvalue weighted by Crippen LogP contribution is -2.63. The van der Waals surface area contributed by atoms with Crippen LogP contribution >= 0.6 is 0 Å². The van der Waals surface area contributed by atoms with Crippen LogP contribution in [0.25, 0.3) is 5.82 Å². The molecule has 12 nitrogen and oxygen atoms in total. The van der Waals surface area contributed by atoms with E-state index in [0.717, 1.165) is 0 Å². The number of esters is 1. The first-order valence-corrected chi connectivity index (χ1v) is 10.9. The van der Waals surface area contributed by atoms with Crippen molar-refractivity contribution >= 4 is 11.9 Å². The first kappa shape index (κ1) is 21.6. The largest absolute Gasteiger partial charge is 0.456 e. The molecule has 2 aromatic heterocycles. The third-order valence-corrected chi connectivity index (χ3v) is 6.44. The SMILES string of the molecule is CC1COC2(CCN(C[C@@H](O)c3ccc(-n4cnnn4)nc3)CC2)C(=O)N1C1=CC(=O)OC1. The second kappa shape index (κ2) is 8.61. The predicted octanol–water partition coefficient (Wildman–Crippen LogP) is -0.387. The van der Waals surface area contributed by atoms with Crippen molar-refractivity contribution in [1.29, 1.82) is 0 Å². The molecule has 2 atom stereocenters. The Balaban J connectivity index is 1.20. The fourth-order valence-electron chi connectivity index (χ4n) is 4.55. The zero-order chi connectivity index (χ0) is 23.0. The Morgan fingerprint density at radius 1 is 1.27 bits per heavy atom. The van der Waals surface area contributed by atoms with E-state index in [9.17, 15) is 14.7 Å². The molecule has 5 rings (SSSR count). The van der Waals surface area contributed by atoms with Crippen molar-refractivity contribution in [2.24, 2.45) is 0 Å². The average molecular weight is 455 g/mol. The molecule has 0 saturated carbocycles. The van der Waals surface area contributed by atoms with Crippen LogP contribution in [0.2, 0.25) is 0 Å². The molecule has 1 N–H and O–H groups in total. The molecule has 0 bridgehead atoms. The Morgan fingerprint density at radius 3 is 2.73 bits per heavy atom. The average Bonchev–Trinajstić information content (AvgIpc) is 3.51. The van der Waals surface area contributed by atoms with Crippen LogP contribution in [0.1, 0.15) is 31.4 Å². The smallest absolute Gasteiger partial charge is 0.333 e. The molecule has 0 radical (unpaired) electrons. The summed E-state index contributed by atoms with van der Waals surface area (Å²) in [5.74, 6) is 0.0234. The number of nitrogens with zero attached hydrogens (tertiary/aromatic N) is 7. The molecule has 1 amide bonds. The molecule has 174 valence electrons. The number of tetrazole rings is 1. The Bertz CT molecular complexity index is 1050. The van der Waals surface area contributed by atoms with E-state index < -0.39 is 17.7 Å². The van der Waals surface area contributed by atoms with Crippen LogP contribution < -0.4 is 0 Å². The maximum Gasteiger partial charge on any atom is 0.333 e. The van der Waals surface area contributed by atoms with Crippen molar-refractivity contribution in [3.8, 4) is 5.82 Å². The summed E-state index contributed by atoms with van der Waals surface area (Å²) in [5, 5.41) is 21.7. The number of morpholine rings is 1. The summed E-state index contributed by atoms with van der Waals surface area (Å²) in [7, 11) is 0. The number of aromatic nitrogens is 5. The minimum atomic E-state index is -0.907. The number of cyclic esters (lactones) is 1. The summed E-state index contributed by atoms with van der Waals surface area (Å²) >= 11 is 0. The summed E-state index contributed by atoms with van der Waals surface area (Å²) in [6.07, 6.45) is 4.75. The fraction of sp³-hybridized carbons (Fsp3) is 0.524. The van der Waals surface area contributed by atoms with Gasteiger partial charge in [-0.1, -0.05) is 6.07 Å². The molecule has 5 heterocycles. The van der Waals surface area contributed by atoms with Crippen LogP contribution in [0.4, 0.5) is 0 Å². The highest BCUT2D eigenvalue weighted by molar-refractivity contribution is 5.91. The number of hydrogen-bond acceptors (Lipinski definition) is 10. The maximum atomic E-state index is 13.4. The minimum Gasteiger partial charge on any atom is -0.456 e. The Labute approximate surface area is 189 Å². The second-order valence-corrected chi connectivity index (χ2v) is 8.59. The highest BCUT2D eigenvalue weighted by Gasteiger charge is 2.50. The third kappa shape index (κ3) is 4.12. The number of aliphatic hydroxyl groups is 1. The maximum absolute atomic E-state index is 13.4. The highest BCUT2D eigenvalue weighted by atomic mass is 16.5. The molecule has 1 unspecified atom stereocenters. The fourth-order valence-corrected chi connectivity index (χ4v) is 4.55. The molecule has 33 heavy (non-hydrogen) atoms. The highest BCUT2D eigenvalue weighted by Crippen LogP contribution is 2.36. The summed E-state index contributed by atoms with van der Waals surface area (Å²) in [6, 6.07) is 3.38. The van der Waals surface area contributed by atoms with Gasteiger partial charge in [0.1, 0.15) is 18.5 Å². The van der Waals surface area contributed by atoms with Crippen LogP contribution in [-0.2, 0) is 19.1 Å². The van der Waals surface area contributed by atoms with E-state index in [2.05, 4.69) is 25.4 Å². The number of carbonyl (C=O) groups is 2. The van der Waals surface area contributed by atoms with E-state index in [1.165, 1.54) is 17.1 Å². The number of ether oxygens (including phenoxy) is 2. The third-order valence-electron chi connectivity index (χ3n) is 6.44. The number of amides is 1. The topological polar surface area (TPSA) is 136 Å². The van der Waals surface area contributed by atoms with E-state index in [0.29, 0.717) is 56.2 Å². The van der Waals surface area contributed by atoms with Crippen molar-refractivity contribution < 1.29 is 24.2 Å². The molecule has 2 saturated heterocycles. The molecule has 3 aliphatic rings. The van der Waals surface area contributed by atoms with Crippen LogP contribution in [0.15, 0.2) is 36.4 Å². The Morgan fingerprint density at radius 2 is 2.09 bits per heavy atom. The van der Waals surface area contributed by atoms with Crippen molar-refractivity contribution in [2.75, 3.05) is 32.8 Å². The van der Waals surface area contributed by atoms with E-state index in [1.807, 2.05) is 6.92 Å². The van der Waals surface area contributed by atoms with Gasteiger partial charge in [0.2, 0.25) is 0 Å². The van der Waals surface area contributed by atoms with Crippen LogP contribution in [0.5, 0.6) is 0 Å². The van der Waals surface area contributed by atoms with Crippen LogP contribution in [0.3, 0.4) is 0 Å². The van der Waals surface area contributed by atoms with Gasteiger partial charge in [-0.05, 0) is 36.3 Å². The lowest BCUT2D eigenvalue weighted by Gasteiger charge is -2.48. The van der Waals surface area contributed by atoms with Gasteiger partial charge < -0.3 is 24.4 Å². The predicted molar refractivity (Wildman–Crippen MR) is 112 cm³/mol. The van der Waals surface area contributed by atoms with Crippen molar-refractivity contribution in [3.63, 3.8) is 0 Å². The van der Waals surface area contributed by atoms with Gasteiger partial charge in [0.15, 0.2) is 5.82 Å². The summed E-state index contributed by atoms with van der Waals surface area (Å²) in [4.78, 5) is 33.0. The first-order chi connectivity index (χ1) is 15.9. The molecular weight excluding hydrogens is 430 g/mol. The molecule has 0 aromatic carbocycles. The summed E-state index contributed by atoms with van der Waals surface area (Å²) < 4.78 is 12.5. The second-order valence-electron chi connectivity index (χ2n) is 8.59. The minimum absolute atomic E-state index is 0.115. The zero-order valence-electron chi connectivity index (χ0n) is 18.2. The molecule has 2 aromatic rings. The number of aliphatic hydroxyl groups excluding tert-OH is 1. The number of hydrogen-bond donors (Lipinski definition) is 1. The van der Waals surface area contributed by atoms with E-state index >= 15 is 0 Å². The first-order valence-electron chi connectivity index (χ1n) is 10.9. The quantitative estimate of drug-likeness (QED) is 0.594. The number of β-amino-alcohol motifs (C(OH)–C–C–N with tert-alkyl or cyclic N) is 1. The van der Waals surface area contributed by atoms with Crippen LogP contribution in [-0.4, -0.2) is 96.5 Å². The molecule has 2 fully saturated rings. The van der Waals surface area contributed by atoms with Crippen molar-refractivity contribution in [3.05, 3.63) is 42.0 Å². The van der Waals surface area contributed by atoms with E-state index in [-0.39, 0.29) is 18.6 Å². The molecule has 3 aliphatic heterocycles. The van der Waals surface area contributed by atoms with E-state index in [4.69, 9.17) is 9.47 Å². The number of likely N-dealkylation sites (tertiary alicyclic amines) is 1. The molecule has 0 aliphatic carbocycles. The molecule has 12 heteroatoms. The number of rotatable bonds is 5. The van der Waals surface area contributed by atoms with Gasteiger partial charge in [-0.25, -0.2) is 9.78 Å². The zero-order valence-corrected chi connectivity index (χ0v) is 18.2. The van der Waals surface area contributed by atoms with Gasteiger partial charge in [0.05, 0.1) is 24.4 Å². The summed E-state index contributed by atoms with van der Waals surface area (Å²) in [5.41, 5.74) is 0.376. The Kier molecular flexibility index (Phi) is 5.64. The summed E-state index contributed by atoms with van der Waals surface area (Å²) in [6.45, 7) is 4.05. The number of carbonyl (C=O) groups excluding carboxylic acids is 2. The molecular formula is C21H25N7O5. The Hall–Kier alpha value is -3.22. The van der Waals surface area contributed by atoms with Gasteiger partial charge in [0, 0.05) is 37.5 Å². The standard InChI is InChI=1S/C21H25N7O5/c1-14-11-33-21(20(31)28(14)16-8-19(30)32-12-16)4-6-26(7-5-21)10-17(29)15-2-3-18(22-9-15)27-13-23-24-25-27/h2-3,8-9,13-14,17,29H,4-7,10-12H2,1H3/t14?,17-/m1/s1. The number of piperidine rings is 1. The van der Waals surface area contributed by atoms with Gasteiger partial charge in [0.25, 0.3) is 5.91 Å². The monoisotopic (exact) mass is 455 g/mol. The van der Waals surface area contributed by atoms with Gasteiger partial charge in [-0.2, -0.15) is 4.68 Å². The molecule has 1 spiro atoms.